The van der Waals surface area contributed by atoms with E-state index < -0.39 is 0 Å². The molecule has 9 heteroatoms. The van der Waals surface area contributed by atoms with Gasteiger partial charge < -0.3 is 19.2 Å². The molecule has 7 nitrogen and oxygen atoms in total. The summed E-state index contributed by atoms with van der Waals surface area (Å²) in [6.07, 6.45) is 0. The first-order chi connectivity index (χ1) is 15.9. The van der Waals surface area contributed by atoms with Gasteiger partial charge in [-0.15, -0.1) is 0 Å². The van der Waals surface area contributed by atoms with Gasteiger partial charge in [0.05, 0.1) is 14.2 Å². The number of carbonyl (C=O) groups is 1. The molecule has 0 fully saturated rings. The highest BCUT2D eigenvalue weighted by Crippen LogP contribution is 2.31. The lowest BCUT2D eigenvalue weighted by molar-refractivity contribution is 0.0977. The first kappa shape index (κ1) is 22.6. The van der Waals surface area contributed by atoms with Crippen molar-refractivity contribution in [1.82, 2.24) is 10.3 Å². The number of anilines is 1. The number of methoxy groups -OCH3 is 2. The number of nitrogens with one attached hydrogen (secondary N) is 2. The van der Waals surface area contributed by atoms with Crippen LogP contribution < -0.4 is 20.1 Å². The summed E-state index contributed by atoms with van der Waals surface area (Å²) >= 11 is 11.4. The Hall–Kier alpha value is -3.62. The third-order valence-corrected chi connectivity index (χ3v) is 5.47. The lowest BCUT2D eigenvalue weighted by atomic mass is 10.1. The summed E-state index contributed by atoms with van der Waals surface area (Å²) in [6, 6.07) is 15.8. The lowest BCUT2D eigenvalue weighted by Gasteiger charge is -2.14. The van der Waals surface area contributed by atoms with Crippen molar-refractivity contribution in [2.24, 2.45) is 0 Å². The molecule has 0 saturated carbocycles. The highest BCUT2D eigenvalue weighted by Gasteiger charge is 2.16. The number of ether oxygens (including phenoxy) is 2. The quantitative estimate of drug-likeness (QED) is 0.359. The van der Waals surface area contributed by atoms with Crippen molar-refractivity contribution in [2.75, 3.05) is 19.5 Å². The summed E-state index contributed by atoms with van der Waals surface area (Å²) in [4.78, 5) is 17.2. The van der Waals surface area contributed by atoms with Crippen LogP contribution in [0, 0.1) is 6.92 Å². The molecule has 0 spiro atoms. The SMILES string of the molecule is COc1ccc(C(=O)NC(=S)Nc2cccc(-c3nc4cc(Cl)ccc4o3)c2C)cc1OC. The summed E-state index contributed by atoms with van der Waals surface area (Å²) in [5, 5.41) is 6.49. The Morgan fingerprint density at radius 1 is 1.06 bits per heavy atom. The number of aromatic nitrogens is 1. The smallest absolute Gasteiger partial charge is 0.257 e. The maximum Gasteiger partial charge on any atom is 0.257 e. The Kier molecular flexibility index (Phi) is 6.48. The van der Waals surface area contributed by atoms with Crippen LogP contribution in [-0.4, -0.2) is 30.2 Å². The Morgan fingerprint density at radius 2 is 1.85 bits per heavy atom. The van der Waals surface area contributed by atoms with E-state index in [0.29, 0.717) is 44.8 Å². The van der Waals surface area contributed by atoms with E-state index in [4.69, 9.17) is 37.7 Å². The van der Waals surface area contributed by atoms with Gasteiger partial charge in [0.15, 0.2) is 22.2 Å². The molecule has 0 saturated heterocycles. The monoisotopic (exact) mass is 481 g/mol. The van der Waals surface area contributed by atoms with Crippen LogP contribution in [0.25, 0.3) is 22.6 Å². The molecule has 1 heterocycles. The summed E-state index contributed by atoms with van der Waals surface area (Å²) in [5.74, 6) is 1.07. The maximum atomic E-state index is 12.6. The molecular weight excluding hydrogens is 462 g/mol. The van der Waals surface area contributed by atoms with E-state index in [1.807, 2.05) is 25.1 Å². The van der Waals surface area contributed by atoms with Crippen molar-refractivity contribution < 1.29 is 18.7 Å². The first-order valence-electron chi connectivity index (χ1n) is 9.90. The van der Waals surface area contributed by atoms with Gasteiger partial charge >= 0.3 is 0 Å². The lowest BCUT2D eigenvalue weighted by Crippen LogP contribution is -2.34. The van der Waals surface area contributed by atoms with Crippen molar-refractivity contribution in [3.63, 3.8) is 0 Å². The number of oxazole rings is 1. The number of fused-ring (bicyclic) bond motifs is 1. The molecule has 0 bridgehead atoms. The van der Waals surface area contributed by atoms with E-state index in [9.17, 15) is 4.79 Å². The molecule has 0 atom stereocenters. The van der Waals surface area contributed by atoms with E-state index in [2.05, 4.69) is 15.6 Å². The maximum absolute atomic E-state index is 12.6. The Morgan fingerprint density at radius 3 is 2.61 bits per heavy atom. The van der Waals surface area contributed by atoms with Crippen molar-refractivity contribution in [2.45, 2.75) is 6.92 Å². The number of amides is 1. The molecule has 0 aliphatic carbocycles. The molecule has 0 radical (unpaired) electrons. The van der Waals surface area contributed by atoms with Crippen LogP contribution in [0.5, 0.6) is 11.5 Å². The summed E-state index contributed by atoms with van der Waals surface area (Å²) in [5.41, 5.74) is 4.06. The van der Waals surface area contributed by atoms with E-state index in [1.165, 1.54) is 14.2 Å². The van der Waals surface area contributed by atoms with Gasteiger partial charge in [-0.2, -0.15) is 0 Å². The number of benzene rings is 3. The number of halogens is 1. The predicted molar refractivity (Wildman–Crippen MR) is 132 cm³/mol. The molecule has 4 aromatic rings. The average Bonchev–Trinajstić information content (AvgIpc) is 3.22. The summed E-state index contributed by atoms with van der Waals surface area (Å²) < 4.78 is 16.3. The van der Waals surface area contributed by atoms with Crippen LogP contribution in [0.4, 0.5) is 5.69 Å². The number of hydrogen-bond acceptors (Lipinski definition) is 6. The zero-order valence-electron chi connectivity index (χ0n) is 18.1. The zero-order chi connectivity index (χ0) is 23.5. The molecule has 3 aromatic carbocycles. The van der Waals surface area contributed by atoms with Gasteiger partial charge in [-0.25, -0.2) is 4.98 Å². The number of carbonyl (C=O) groups excluding carboxylic acids is 1. The predicted octanol–water partition coefficient (Wildman–Crippen LogP) is 5.60. The van der Waals surface area contributed by atoms with Crippen LogP contribution in [0.15, 0.2) is 59.0 Å². The van der Waals surface area contributed by atoms with Crippen LogP contribution >= 0.6 is 23.8 Å². The minimum atomic E-state index is -0.377. The second-order valence-electron chi connectivity index (χ2n) is 7.09. The van der Waals surface area contributed by atoms with Crippen molar-refractivity contribution >= 4 is 51.6 Å². The van der Waals surface area contributed by atoms with Crippen molar-refractivity contribution in [3.05, 3.63) is 70.7 Å². The number of nitrogens with zero attached hydrogens (tertiary/aromatic N) is 1. The Bertz CT molecular complexity index is 1370. The van der Waals surface area contributed by atoms with Crippen molar-refractivity contribution in [3.8, 4) is 23.0 Å². The Labute approximate surface area is 200 Å². The number of thiocarbonyl (C=S) groups is 1. The fourth-order valence-electron chi connectivity index (χ4n) is 3.32. The van der Waals surface area contributed by atoms with Gasteiger partial charge in [0.2, 0.25) is 5.89 Å². The third-order valence-electron chi connectivity index (χ3n) is 5.03. The molecule has 33 heavy (non-hydrogen) atoms. The van der Waals surface area contributed by atoms with Crippen molar-refractivity contribution in [1.29, 1.82) is 0 Å². The van der Waals surface area contributed by atoms with Gasteiger partial charge in [0.25, 0.3) is 5.91 Å². The Balaban J connectivity index is 1.52. The van der Waals surface area contributed by atoms with Crippen LogP contribution in [-0.2, 0) is 0 Å². The topological polar surface area (TPSA) is 85.6 Å². The molecule has 0 aliphatic heterocycles. The number of hydrogen-bond donors (Lipinski definition) is 2. The van der Waals surface area contributed by atoms with Gasteiger partial charge in [-0.1, -0.05) is 17.7 Å². The highest BCUT2D eigenvalue weighted by molar-refractivity contribution is 7.80. The van der Waals surface area contributed by atoms with Crippen LogP contribution in [0.1, 0.15) is 15.9 Å². The zero-order valence-corrected chi connectivity index (χ0v) is 19.6. The van der Waals surface area contributed by atoms with E-state index in [-0.39, 0.29) is 11.0 Å². The number of rotatable bonds is 5. The molecule has 2 N–H and O–H groups in total. The van der Waals surface area contributed by atoms with Gasteiger partial charge in [0.1, 0.15) is 5.52 Å². The van der Waals surface area contributed by atoms with Gasteiger partial charge in [0, 0.05) is 21.8 Å². The molecule has 4 rings (SSSR count). The fourth-order valence-corrected chi connectivity index (χ4v) is 3.69. The van der Waals surface area contributed by atoms with E-state index in [1.54, 1.807) is 36.4 Å². The molecule has 1 amide bonds. The second-order valence-corrected chi connectivity index (χ2v) is 7.93. The fraction of sp³-hybridized carbons (Fsp3) is 0.125. The third kappa shape index (κ3) is 4.76. The molecular formula is C24H20ClN3O4S. The minimum Gasteiger partial charge on any atom is -0.493 e. The highest BCUT2D eigenvalue weighted by atomic mass is 35.5. The second kappa shape index (κ2) is 9.48. The molecule has 0 aliphatic rings. The molecule has 168 valence electrons. The van der Waals surface area contributed by atoms with Crippen LogP contribution in [0.3, 0.4) is 0 Å². The van der Waals surface area contributed by atoms with Crippen LogP contribution in [0.2, 0.25) is 5.02 Å². The standard InChI is InChI=1S/C24H20ClN3O4S/c1-13-16(23-26-18-12-15(25)8-10-19(18)32-23)5-4-6-17(13)27-24(33)28-22(29)14-7-9-20(30-2)21(11-14)31-3/h4-12H,1-3H3,(H2,27,28,29,33). The van der Waals surface area contributed by atoms with Gasteiger partial charge in [-0.3, -0.25) is 10.1 Å². The summed E-state index contributed by atoms with van der Waals surface area (Å²) in [6.45, 7) is 1.91. The largest absolute Gasteiger partial charge is 0.493 e. The van der Waals surface area contributed by atoms with E-state index in [0.717, 1.165) is 11.1 Å². The average molecular weight is 482 g/mol. The molecule has 1 aromatic heterocycles. The van der Waals surface area contributed by atoms with E-state index >= 15 is 0 Å². The van der Waals surface area contributed by atoms with Gasteiger partial charge in [-0.05, 0) is 73.2 Å². The summed E-state index contributed by atoms with van der Waals surface area (Å²) in [7, 11) is 3.04. The first-order valence-corrected chi connectivity index (χ1v) is 10.7. The minimum absolute atomic E-state index is 0.152. The molecule has 0 unspecified atom stereocenters. The normalized spacial score (nSPS) is 10.7.